The van der Waals surface area contributed by atoms with Crippen molar-refractivity contribution in [3.05, 3.63) is 30.1 Å². The number of aliphatic imine (C=N–C) groups is 1. The molecule has 6 heteroatoms. The van der Waals surface area contributed by atoms with Gasteiger partial charge in [-0.1, -0.05) is 12.1 Å². The van der Waals surface area contributed by atoms with Gasteiger partial charge < -0.3 is 19.5 Å². The first-order valence-electron chi connectivity index (χ1n) is 9.10. The number of rotatable bonds is 6. The van der Waals surface area contributed by atoms with Gasteiger partial charge in [0, 0.05) is 46.3 Å². The van der Waals surface area contributed by atoms with Gasteiger partial charge in [-0.05, 0) is 31.9 Å². The molecule has 0 radical (unpaired) electrons. The minimum atomic E-state index is 0.614. The summed E-state index contributed by atoms with van der Waals surface area (Å²) < 4.78 is 7.75. The average molecular weight is 343 g/mol. The minimum Gasteiger partial charge on any atom is -0.381 e. The highest BCUT2D eigenvalue weighted by Crippen LogP contribution is 2.16. The fraction of sp³-hybridized carbons (Fsp3) is 0.579. The van der Waals surface area contributed by atoms with Crippen LogP contribution >= 0.6 is 0 Å². The van der Waals surface area contributed by atoms with E-state index in [4.69, 9.17) is 4.74 Å². The molecule has 2 heterocycles. The largest absolute Gasteiger partial charge is 0.381 e. The second-order valence-corrected chi connectivity index (χ2v) is 6.74. The molecule has 1 unspecified atom stereocenters. The third-order valence-corrected chi connectivity index (χ3v) is 4.82. The lowest BCUT2D eigenvalue weighted by molar-refractivity contribution is 0.181. The SMILES string of the molecule is CN=C(NCCCn1c(C)nc2ccccc21)N(C)CC1CCOC1. The number of imidazole rings is 1. The Morgan fingerprint density at radius 1 is 1.44 bits per heavy atom. The maximum Gasteiger partial charge on any atom is 0.193 e. The smallest absolute Gasteiger partial charge is 0.193 e. The standard InChI is InChI=1S/C19H29N5O/c1-15-22-17-7-4-5-8-18(17)24(15)11-6-10-21-19(20-2)23(3)13-16-9-12-25-14-16/h4-5,7-8,16H,6,9-14H2,1-3H3,(H,20,21). The van der Waals surface area contributed by atoms with Crippen LogP contribution in [0.1, 0.15) is 18.7 Å². The summed E-state index contributed by atoms with van der Waals surface area (Å²) >= 11 is 0. The van der Waals surface area contributed by atoms with Crippen molar-refractivity contribution in [1.82, 2.24) is 19.8 Å². The summed E-state index contributed by atoms with van der Waals surface area (Å²) in [5, 5.41) is 3.47. The van der Waals surface area contributed by atoms with Crippen molar-refractivity contribution in [1.29, 1.82) is 0 Å². The van der Waals surface area contributed by atoms with Crippen LogP contribution in [0.2, 0.25) is 0 Å². The van der Waals surface area contributed by atoms with Gasteiger partial charge in [0.2, 0.25) is 0 Å². The maximum atomic E-state index is 5.46. The van der Waals surface area contributed by atoms with Gasteiger partial charge in [0.15, 0.2) is 5.96 Å². The van der Waals surface area contributed by atoms with Crippen molar-refractivity contribution in [2.45, 2.75) is 26.3 Å². The molecule has 1 saturated heterocycles. The Kier molecular flexibility index (Phi) is 5.91. The highest BCUT2D eigenvalue weighted by Gasteiger charge is 2.18. The summed E-state index contributed by atoms with van der Waals surface area (Å²) in [6, 6.07) is 8.32. The molecule has 6 nitrogen and oxygen atoms in total. The van der Waals surface area contributed by atoms with E-state index in [1.807, 2.05) is 13.1 Å². The topological polar surface area (TPSA) is 54.7 Å². The van der Waals surface area contributed by atoms with E-state index in [1.54, 1.807) is 0 Å². The third-order valence-electron chi connectivity index (χ3n) is 4.82. The number of aromatic nitrogens is 2. The molecule has 1 aromatic carbocycles. The molecule has 0 saturated carbocycles. The van der Waals surface area contributed by atoms with Crippen LogP contribution in [0.4, 0.5) is 0 Å². The van der Waals surface area contributed by atoms with E-state index in [0.29, 0.717) is 5.92 Å². The summed E-state index contributed by atoms with van der Waals surface area (Å²) in [5.74, 6) is 2.64. The van der Waals surface area contributed by atoms with Gasteiger partial charge in [-0.3, -0.25) is 4.99 Å². The van der Waals surface area contributed by atoms with Crippen LogP contribution in [-0.2, 0) is 11.3 Å². The van der Waals surface area contributed by atoms with Crippen LogP contribution in [-0.4, -0.2) is 60.8 Å². The lowest BCUT2D eigenvalue weighted by Crippen LogP contribution is -2.41. The minimum absolute atomic E-state index is 0.614. The number of nitrogens with one attached hydrogen (secondary N) is 1. The normalized spacial score (nSPS) is 18.0. The average Bonchev–Trinajstić information content (AvgIpc) is 3.22. The molecule has 1 aromatic heterocycles. The Hall–Kier alpha value is -2.08. The zero-order valence-electron chi connectivity index (χ0n) is 15.5. The molecule has 1 N–H and O–H groups in total. The van der Waals surface area contributed by atoms with Crippen molar-refractivity contribution in [2.24, 2.45) is 10.9 Å². The molecule has 1 fully saturated rings. The van der Waals surface area contributed by atoms with Crippen LogP contribution in [0.5, 0.6) is 0 Å². The molecule has 3 rings (SSSR count). The first-order chi connectivity index (χ1) is 12.2. The highest BCUT2D eigenvalue weighted by atomic mass is 16.5. The summed E-state index contributed by atoms with van der Waals surface area (Å²) in [7, 11) is 3.94. The second-order valence-electron chi connectivity index (χ2n) is 6.74. The molecule has 0 aliphatic carbocycles. The van der Waals surface area contributed by atoms with Crippen LogP contribution in [0, 0.1) is 12.8 Å². The number of guanidine groups is 1. The molecule has 2 aromatic rings. The number of para-hydroxylation sites is 2. The lowest BCUT2D eigenvalue weighted by atomic mass is 10.1. The maximum absolute atomic E-state index is 5.46. The number of fused-ring (bicyclic) bond motifs is 1. The fourth-order valence-electron chi connectivity index (χ4n) is 3.50. The fourth-order valence-corrected chi connectivity index (χ4v) is 3.50. The van der Waals surface area contributed by atoms with E-state index in [2.05, 4.69) is 56.9 Å². The number of hydrogen-bond acceptors (Lipinski definition) is 3. The predicted molar refractivity (Wildman–Crippen MR) is 102 cm³/mol. The monoisotopic (exact) mass is 343 g/mol. The van der Waals surface area contributed by atoms with Crippen LogP contribution in [0.15, 0.2) is 29.3 Å². The molecular formula is C19H29N5O. The molecule has 0 bridgehead atoms. The molecule has 1 aliphatic heterocycles. The van der Waals surface area contributed by atoms with Gasteiger partial charge in [0.25, 0.3) is 0 Å². The summed E-state index contributed by atoms with van der Waals surface area (Å²) in [5.41, 5.74) is 2.28. The van der Waals surface area contributed by atoms with Crippen LogP contribution < -0.4 is 5.32 Å². The van der Waals surface area contributed by atoms with E-state index in [0.717, 1.165) is 63.0 Å². The van der Waals surface area contributed by atoms with Gasteiger partial charge >= 0.3 is 0 Å². The van der Waals surface area contributed by atoms with Gasteiger partial charge in [-0.15, -0.1) is 0 Å². The number of nitrogens with zero attached hydrogens (tertiary/aromatic N) is 4. The molecule has 25 heavy (non-hydrogen) atoms. The van der Waals surface area contributed by atoms with E-state index in [9.17, 15) is 0 Å². The van der Waals surface area contributed by atoms with E-state index < -0.39 is 0 Å². The Balaban J connectivity index is 1.48. The van der Waals surface area contributed by atoms with Crippen LogP contribution in [0.3, 0.4) is 0 Å². The zero-order valence-corrected chi connectivity index (χ0v) is 15.5. The number of benzene rings is 1. The quantitative estimate of drug-likeness (QED) is 0.497. The van der Waals surface area contributed by atoms with Crippen molar-refractivity contribution >= 4 is 17.0 Å². The van der Waals surface area contributed by atoms with Gasteiger partial charge in [0.1, 0.15) is 5.82 Å². The van der Waals surface area contributed by atoms with Gasteiger partial charge in [0.05, 0.1) is 17.6 Å². The van der Waals surface area contributed by atoms with Crippen LogP contribution in [0.25, 0.3) is 11.0 Å². The number of aryl methyl sites for hydroxylation is 2. The van der Waals surface area contributed by atoms with E-state index >= 15 is 0 Å². The Morgan fingerprint density at radius 3 is 3.04 bits per heavy atom. The summed E-state index contributed by atoms with van der Waals surface area (Å²) in [6.45, 7) is 6.67. The second kappa shape index (κ2) is 8.34. The predicted octanol–water partition coefficient (Wildman–Crippen LogP) is 2.28. The Labute approximate surface area is 149 Å². The molecule has 1 atom stereocenters. The molecular weight excluding hydrogens is 314 g/mol. The van der Waals surface area contributed by atoms with Gasteiger partial charge in [-0.25, -0.2) is 4.98 Å². The van der Waals surface area contributed by atoms with Crippen molar-refractivity contribution in [3.8, 4) is 0 Å². The van der Waals surface area contributed by atoms with E-state index in [1.165, 1.54) is 5.52 Å². The zero-order chi connectivity index (χ0) is 17.6. The van der Waals surface area contributed by atoms with Crippen molar-refractivity contribution < 1.29 is 4.74 Å². The number of hydrogen-bond donors (Lipinski definition) is 1. The van der Waals surface area contributed by atoms with Gasteiger partial charge in [-0.2, -0.15) is 0 Å². The Bertz CT molecular complexity index is 718. The molecule has 0 amide bonds. The molecule has 1 aliphatic rings. The molecule has 136 valence electrons. The summed E-state index contributed by atoms with van der Waals surface area (Å²) in [4.78, 5) is 11.2. The third kappa shape index (κ3) is 4.31. The summed E-state index contributed by atoms with van der Waals surface area (Å²) in [6.07, 6.45) is 2.18. The first kappa shape index (κ1) is 17.7. The number of ether oxygens (including phenoxy) is 1. The molecule has 0 spiro atoms. The highest BCUT2D eigenvalue weighted by molar-refractivity contribution is 5.79. The first-order valence-corrected chi connectivity index (χ1v) is 9.10. The Morgan fingerprint density at radius 2 is 2.28 bits per heavy atom. The van der Waals surface area contributed by atoms with E-state index in [-0.39, 0.29) is 0 Å². The van der Waals surface area contributed by atoms with Crippen molar-refractivity contribution in [2.75, 3.05) is 40.4 Å². The lowest BCUT2D eigenvalue weighted by Gasteiger charge is -2.24. The van der Waals surface area contributed by atoms with Crippen molar-refractivity contribution in [3.63, 3.8) is 0 Å².